The Labute approximate surface area is 151 Å². The molecule has 0 fully saturated rings. The van der Waals surface area contributed by atoms with Crippen molar-refractivity contribution < 1.29 is 9.18 Å². The van der Waals surface area contributed by atoms with Crippen LogP contribution < -0.4 is 5.32 Å². The molecule has 24 heavy (non-hydrogen) atoms. The Bertz CT molecular complexity index is 926. The van der Waals surface area contributed by atoms with Crippen LogP contribution in [0.15, 0.2) is 53.1 Å². The Hall–Kier alpha value is -2.18. The van der Waals surface area contributed by atoms with Gasteiger partial charge in [0, 0.05) is 16.9 Å². The second-order valence-electron chi connectivity index (χ2n) is 5.13. The summed E-state index contributed by atoms with van der Waals surface area (Å²) in [4.78, 5) is 12.5. The van der Waals surface area contributed by atoms with Gasteiger partial charge in [0.25, 0.3) is 5.91 Å². The molecule has 3 rings (SSSR count). The van der Waals surface area contributed by atoms with E-state index in [0.29, 0.717) is 15.2 Å². The molecule has 1 N–H and O–H groups in total. The van der Waals surface area contributed by atoms with Crippen LogP contribution >= 0.6 is 27.5 Å². The summed E-state index contributed by atoms with van der Waals surface area (Å²) in [6, 6.07) is 11.4. The predicted octanol–water partition coefficient (Wildman–Crippen LogP) is 4.99. The van der Waals surface area contributed by atoms with E-state index in [-0.39, 0.29) is 11.4 Å². The van der Waals surface area contributed by atoms with Gasteiger partial charge >= 0.3 is 0 Å². The molecule has 1 heterocycles. The smallest absolute Gasteiger partial charge is 0.277 e. The molecule has 0 unspecified atom stereocenters. The molecule has 0 aliphatic carbocycles. The molecule has 122 valence electrons. The normalized spacial score (nSPS) is 10.7. The molecular formula is C17H12BrClFN3O. The van der Waals surface area contributed by atoms with E-state index in [1.807, 2.05) is 13.0 Å². The van der Waals surface area contributed by atoms with Crippen LogP contribution in [0.4, 0.5) is 10.1 Å². The van der Waals surface area contributed by atoms with Crippen LogP contribution in [-0.4, -0.2) is 15.7 Å². The third-order valence-corrected chi connectivity index (χ3v) is 4.25. The van der Waals surface area contributed by atoms with Gasteiger partial charge in [-0.3, -0.25) is 4.79 Å². The molecule has 1 amide bonds. The summed E-state index contributed by atoms with van der Waals surface area (Å²) in [7, 11) is 0. The third kappa shape index (κ3) is 3.34. The van der Waals surface area contributed by atoms with Crippen molar-refractivity contribution in [2.75, 3.05) is 5.32 Å². The molecule has 0 saturated heterocycles. The van der Waals surface area contributed by atoms with E-state index in [1.165, 1.54) is 16.9 Å². The topological polar surface area (TPSA) is 46.9 Å². The Morgan fingerprint density at radius 1 is 1.29 bits per heavy atom. The summed E-state index contributed by atoms with van der Waals surface area (Å²) in [5, 5.41) is 7.46. The van der Waals surface area contributed by atoms with Crippen molar-refractivity contribution in [3.8, 4) is 5.69 Å². The molecular weight excluding hydrogens is 397 g/mol. The van der Waals surface area contributed by atoms with Gasteiger partial charge in [-0.1, -0.05) is 29.8 Å². The first-order valence-electron chi connectivity index (χ1n) is 7.03. The van der Waals surface area contributed by atoms with Gasteiger partial charge in [-0.15, -0.1) is 0 Å². The first-order valence-corrected chi connectivity index (χ1v) is 8.20. The van der Waals surface area contributed by atoms with Crippen LogP contribution in [0.25, 0.3) is 5.69 Å². The van der Waals surface area contributed by atoms with Gasteiger partial charge in [-0.25, -0.2) is 9.07 Å². The van der Waals surface area contributed by atoms with E-state index >= 15 is 0 Å². The van der Waals surface area contributed by atoms with E-state index < -0.39 is 11.7 Å². The maximum Gasteiger partial charge on any atom is 0.277 e. The quantitative estimate of drug-likeness (QED) is 0.664. The molecule has 7 heteroatoms. The van der Waals surface area contributed by atoms with Gasteiger partial charge in [0.1, 0.15) is 11.5 Å². The number of carbonyl (C=O) groups is 1. The Balaban J connectivity index is 1.91. The van der Waals surface area contributed by atoms with Crippen molar-refractivity contribution in [1.82, 2.24) is 9.78 Å². The fraction of sp³-hybridized carbons (Fsp3) is 0.0588. The van der Waals surface area contributed by atoms with Gasteiger partial charge in [0.15, 0.2) is 5.69 Å². The predicted molar refractivity (Wildman–Crippen MR) is 95.4 cm³/mol. The Kier molecular flexibility index (Phi) is 4.69. The summed E-state index contributed by atoms with van der Waals surface area (Å²) in [5.41, 5.74) is 1.88. The number of nitrogens with one attached hydrogen (secondary N) is 1. The van der Waals surface area contributed by atoms with Crippen LogP contribution in [0.3, 0.4) is 0 Å². The monoisotopic (exact) mass is 407 g/mol. The summed E-state index contributed by atoms with van der Waals surface area (Å²) >= 11 is 9.25. The van der Waals surface area contributed by atoms with Crippen LogP contribution in [-0.2, 0) is 0 Å². The maximum atomic E-state index is 13.9. The number of aryl methyl sites for hydroxylation is 1. The first kappa shape index (κ1) is 16.7. The number of amides is 1. The van der Waals surface area contributed by atoms with Crippen molar-refractivity contribution in [3.63, 3.8) is 0 Å². The number of nitrogens with zero attached hydrogens (tertiary/aromatic N) is 2. The number of hydrogen-bond donors (Lipinski definition) is 1. The lowest BCUT2D eigenvalue weighted by molar-refractivity contribution is 0.102. The Morgan fingerprint density at radius 2 is 2.04 bits per heavy atom. The van der Waals surface area contributed by atoms with Gasteiger partial charge in [0.2, 0.25) is 0 Å². The minimum absolute atomic E-state index is 0.151. The highest BCUT2D eigenvalue weighted by Crippen LogP contribution is 2.23. The highest BCUT2D eigenvalue weighted by Gasteiger charge is 2.18. The van der Waals surface area contributed by atoms with Crippen molar-refractivity contribution in [1.29, 1.82) is 0 Å². The zero-order chi connectivity index (χ0) is 17.3. The van der Waals surface area contributed by atoms with E-state index in [1.54, 1.807) is 30.3 Å². The van der Waals surface area contributed by atoms with Crippen LogP contribution in [0, 0.1) is 12.7 Å². The van der Waals surface area contributed by atoms with Gasteiger partial charge in [-0.05, 0) is 52.7 Å². The third-order valence-electron chi connectivity index (χ3n) is 3.43. The molecule has 0 atom stereocenters. The highest BCUT2D eigenvalue weighted by atomic mass is 79.9. The average molecular weight is 409 g/mol. The fourth-order valence-corrected chi connectivity index (χ4v) is 2.80. The van der Waals surface area contributed by atoms with Gasteiger partial charge in [0.05, 0.1) is 4.47 Å². The van der Waals surface area contributed by atoms with Crippen molar-refractivity contribution >= 4 is 39.1 Å². The zero-order valence-corrected chi connectivity index (χ0v) is 14.9. The number of carbonyl (C=O) groups excluding carboxylic acids is 1. The van der Waals surface area contributed by atoms with Crippen LogP contribution in [0.1, 0.15) is 16.1 Å². The van der Waals surface area contributed by atoms with E-state index in [2.05, 4.69) is 26.3 Å². The molecule has 0 bridgehead atoms. The van der Waals surface area contributed by atoms with E-state index in [9.17, 15) is 9.18 Å². The SMILES string of the molecule is Cc1ccc(Cl)cc1NC(=O)c1nn(-c2ccccc2F)cc1Br. The van der Waals surface area contributed by atoms with E-state index in [4.69, 9.17) is 11.6 Å². The fourth-order valence-electron chi connectivity index (χ4n) is 2.18. The van der Waals surface area contributed by atoms with Gasteiger partial charge < -0.3 is 5.32 Å². The standard InChI is InChI=1S/C17H12BrClFN3O/c1-10-6-7-11(19)8-14(10)21-17(24)16-12(18)9-23(22-16)15-5-3-2-4-13(15)20/h2-9H,1H3,(H,21,24). The summed E-state index contributed by atoms with van der Waals surface area (Å²) in [6.45, 7) is 1.86. The van der Waals surface area contributed by atoms with Crippen LogP contribution in [0.5, 0.6) is 0 Å². The molecule has 0 aliphatic heterocycles. The lowest BCUT2D eigenvalue weighted by Crippen LogP contribution is -2.14. The number of anilines is 1. The molecule has 1 aromatic heterocycles. The van der Waals surface area contributed by atoms with Crippen molar-refractivity contribution in [2.24, 2.45) is 0 Å². The second-order valence-corrected chi connectivity index (χ2v) is 6.43. The number of halogens is 3. The average Bonchev–Trinajstić information content (AvgIpc) is 2.93. The number of benzene rings is 2. The summed E-state index contributed by atoms with van der Waals surface area (Å²) in [6.07, 6.45) is 1.54. The second kappa shape index (κ2) is 6.75. The number of aromatic nitrogens is 2. The summed E-state index contributed by atoms with van der Waals surface area (Å²) < 4.78 is 15.6. The number of rotatable bonds is 3. The maximum absolute atomic E-state index is 13.9. The number of hydrogen-bond acceptors (Lipinski definition) is 2. The highest BCUT2D eigenvalue weighted by molar-refractivity contribution is 9.10. The molecule has 0 radical (unpaired) electrons. The van der Waals surface area contributed by atoms with Crippen LogP contribution in [0.2, 0.25) is 5.02 Å². The zero-order valence-electron chi connectivity index (χ0n) is 12.6. The van der Waals surface area contributed by atoms with Crippen molar-refractivity contribution in [3.05, 3.63) is 75.2 Å². The van der Waals surface area contributed by atoms with Crippen molar-refractivity contribution in [2.45, 2.75) is 6.92 Å². The first-order chi connectivity index (χ1) is 11.5. The Morgan fingerprint density at radius 3 is 2.79 bits per heavy atom. The number of para-hydroxylation sites is 1. The largest absolute Gasteiger partial charge is 0.320 e. The summed E-state index contributed by atoms with van der Waals surface area (Å²) in [5.74, 6) is -0.840. The molecule has 2 aromatic carbocycles. The lowest BCUT2D eigenvalue weighted by atomic mass is 10.2. The minimum Gasteiger partial charge on any atom is -0.320 e. The van der Waals surface area contributed by atoms with Gasteiger partial charge in [-0.2, -0.15) is 5.10 Å². The minimum atomic E-state index is -0.426. The van der Waals surface area contributed by atoms with E-state index in [0.717, 1.165) is 5.56 Å². The molecule has 0 spiro atoms. The molecule has 3 aromatic rings. The molecule has 4 nitrogen and oxygen atoms in total. The molecule has 0 saturated carbocycles. The molecule has 0 aliphatic rings. The lowest BCUT2D eigenvalue weighted by Gasteiger charge is -2.07.